The number of ether oxygens (including phenoxy) is 1. The number of aromatic hydroxyl groups is 1. The number of aryl methyl sites for hydroxylation is 1. The summed E-state index contributed by atoms with van der Waals surface area (Å²) in [6.45, 7) is 1.89. The van der Waals surface area contributed by atoms with Gasteiger partial charge in [0.1, 0.15) is 17.3 Å². The van der Waals surface area contributed by atoms with Crippen molar-refractivity contribution >= 4 is 11.7 Å². The lowest BCUT2D eigenvalue weighted by Gasteiger charge is -2.24. The molecule has 9 nitrogen and oxygen atoms in total. The van der Waals surface area contributed by atoms with E-state index in [9.17, 15) is 9.90 Å². The van der Waals surface area contributed by atoms with Crippen molar-refractivity contribution in [2.24, 2.45) is 0 Å². The summed E-state index contributed by atoms with van der Waals surface area (Å²) in [6.07, 6.45) is 1.86. The molecule has 32 heavy (non-hydrogen) atoms. The van der Waals surface area contributed by atoms with E-state index in [-0.39, 0.29) is 29.9 Å². The maximum atomic E-state index is 12.5. The summed E-state index contributed by atoms with van der Waals surface area (Å²) in [6, 6.07) is 14.3. The van der Waals surface area contributed by atoms with E-state index in [1.54, 1.807) is 25.4 Å². The molecule has 1 amide bonds. The van der Waals surface area contributed by atoms with Gasteiger partial charge < -0.3 is 15.2 Å². The maximum Gasteiger partial charge on any atom is 0.272 e. The number of anilines is 1. The van der Waals surface area contributed by atoms with Crippen LogP contribution in [0.3, 0.4) is 0 Å². The van der Waals surface area contributed by atoms with Crippen molar-refractivity contribution in [3.05, 3.63) is 71.5 Å². The molecular weight excluding hydrogens is 408 g/mol. The lowest BCUT2D eigenvalue weighted by atomic mass is 9.86. The Hall–Kier alpha value is -4.27. The van der Waals surface area contributed by atoms with E-state index < -0.39 is 0 Å². The van der Waals surface area contributed by atoms with E-state index in [0.29, 0.717) is 11.5 Å². The van der Waals surface area contributed by atoms with Crippen LogP contribution in [0, 0.1) is 6.92 Å². The van der Waals surface area contributed by atoms with Gasteiger partial charge in [-0.3, -0.25) is 4.79 Å². The van der Waals surface area contributed by atoms with Crippen molar-refractivity contribution in [3.63, 3.8) is 0 Å². The smallest absolute Gasteiger partial charge is 0.272 e. The molecule has 0 radical (unpaired) electrons. The molecule has 0 aliphatic carbocycles. The first kappa shape index (κ1) is 19.7. The van der Waals surface area contributed by atoms with Crippen molar-refractivity contribution in [1.29, 1.82) is 0 Å². The molecular formula is C23H20N6O3. The summed E-state index contributed by atoms with van der Waals surface area (Å²) in [7, 11) is 1.61. The molecule has 160 valence electrons. The van der Waals surface area contributed by atoms with Crippen LogP contribution < -0.4 is 10.1 Å². The second-order valence-electron chi connectivity index (χ2n) is 7.53. The van der Waals surface area contributed by atoms with E-state index in [2.05, 4.69) is 25.6 Å². The Kier molecular flexibility index (Phi) is 4.78. The number of benzene rings is 2. The van der Waals surface area contributed by atoms with Gasteiger partial charge in [0.2, 0.25) is 5.91 Å². The van der Waals surface area contributed by atoms with Crippen LogP contribution >= 0.6 is 0 Å². The lowest BCUT2D eigenvalue weighted by Crippen LogP contribution is -2.25. The second-order valence-corrected chi connectivity index (χ2v) is 7.53. The van der Waals surface area contributed by atoms with Gasteiger partial charge in [0.05, 0.1) is 24.7 Å². The third-order valence-corrected chi connectivity index (χ3v) is 5.52. The number of hydrogen-bond donors (Lipinski definition) is 2. The standard InChI is InChI=1S/C23H20N6O3/c1-13-21-18(14-3-7-16(30)8-4-14)11-20(31)26-22(21)29(28-13)23-25-19(12-24-27-23)15-5-9-17(32-2)10-6-15/h3-10,12,18,30H,11H2,1-2H3,(H,26,31). The highest BCUT2D eigenvalue weighted by atomic mass is 16.5. The van der Waals surface area contributed by atoms with Crippen molar-refractivity contribution in [2.45, 2.75) is 19.3 Å². The van der Waals surface area contributed by atoms with E-state index >= 15 is 0 Å². The summed E-state index contributed by atoms with van der Waals surface area (Å²) >= 11 is 0. The number of nitrogens with one attached hydrogen (secondary N) is 1. The van der Waals surface area contributed by atoms with Crippen LogP contribution in [0.4, 0.5) is 5.82 Å². The van der Waals surface area contributed by atoms with Gasteiger partial charge in [0.15, 0.2) is 0 Å². The van der Waals surface area contributed by atoms with Gasteiger partial charge in [0, 0.05) is 23.5 Å². The third kappa shape index (κ3) is 3.43. The molecule has 0 saturated heterocycles. The van der Waals surface area contributed by atoms with Gasteiger partial charge in [-0.05, 0) is 48.9 Å². The summed E-state index contributed by atoms with van der Waals surface area (Å²) in [4.78, 5) is 17.2. The Morgan fingerprint density at radius 1 is 1.12 bits per heavy atom. The zero-order chi connectivity index (χ0) is 22.2. The minimum absolute atomic E-state index is 0.129. The molecule has 1 unspecified atom stereocenters. The number of hydrogen-bond acceptors (Lipinski definition) is 7. The fourth-order valence-corrected chi connectivity index (χ4v) is 3.97. The molecule has 1 aliphatic heterocycles. The number of phenols is 1. The summed E-state index contributed by atoms with van der Waals surface area (Å²) in [5.74, 6) is 1.40. The highest BCUT2D eigenvalue weighted by molar-refractivity contribution is 5.95. The predicted molar refractivity (Wildman–Crippen MR) is 117 cm³/mol. The average molecular weight is 428 g/mol. The van der Waals surface area contributed by atoms with Crippen molar-refractivity contribution in [3.8, 4) is 28.7 Å². The molecule has 0 bridgehead atoms. The number of carbonyl (C=O) groups excluding carboxylic acids is 1. The highest BCUT2D eigenvalue weighted by Crippen LogP contribution is 2.40. The van der Waals surface area contributed by atoms with Gasteiger partial charge in [-0.2, -0.15) is 14.9 Å². The number of rotatable bonds is 4. The van der Waals surface area contributed by atoms with Crippen LogP contribution in [0.25, 0.3) is 17.2 Å². The SMILES string of the molecule is COc1ccc(-c2cnnc(-n3nc(C)c4c3NC(=O)CC4c3ccc(O)cc3)n2)cc1. The van der Waals surface area contributed by atoms with Crippen molar-refractivity contribution in [2.75, 3.05) is 12.4 Å². The molecule has 3 heterocycles. The number of methoxy groups -OCH3 is 1. The summed E-state index contributed by atoms with van der Waals surface area (Å²) < 4.78 is 6.73. The Morgan fingerprint density at radius 3 is 2.59 bits per heavy atom. The molecule has 2 aromatic carbocycles. The normalized spacial score (nSPS) is 15.2. The number of phenolic OH excluding ortho intramolecular Hbond substituents is 1. The molecule has 9 heteroatoms. The number of aromatic nitrogens is 5. The number of nitrogens with zero attached hydrogens (tertiary/aromatic N) is 5. The fourth-order valence-electron chi connectivity index (χ4n) is 3.97. The Balaban J connectivity index is 1.58. The first-order valence-corrected chi connectivity index (χ1v) is 10.1. The topological polar surface area (TPSA) is 115 Å². The monoisotopic (exact) mass is 428 g/mol. The van der Waals surface area contributed by atoms with E-state index in [4.69, 9.17) is 4.74 Å². The Morgan fingerprint density at radius 2 is 1.88 bits per heavy atom. The minimum atomic E-state index is -0.189. The van der Waals surface area contributed by atoms with E-state index in [0.717, 1.165) is 28.1 Å². The van der Waals surface area contributed by atoms with Crippen LogP contribution in [0.15, 0.2) is 54.7 Å². The molecule has 2 aromatic heterocycles. The highest BCUT2D eigenvalue weighted by Gasteiger charge is 2.33. The molecule has 0 saturated carbocycles. The summed E-state index contributed by atoms with van der Waals surface area (Å²) in [5, 5.41) is 25.4. The van der Waals surface area contributed by atoms with Crippen LogP contribution in [0.1, 0.15) is 29.2 Å². The number of amides is 1. The molecule has 4 aromatic rings. The molecule has 2 N–H and O–H groups in total. The largest absolute Gasteiger partial charge is 0.508 e. The molecule has 1 aliphatic rings. The van der Waals surface area contributed by atoms with Gasteiger partial charge in [-0.15, -0.1) is 5.10 Å². The van der Waals surface area contributed by atoms with Crippen LogP contribution in [-0.2, 0) is 4.79 Å². The van der Waals surface area contributed by atoms with Gasteiger partial charge >= 0.3 is 0 Å². The van der Waals surface area contributed by atoms with Gasteiger partial charge in [0.25, 0.3) is 5.95 Å². The fraction of sp³-hybridized carbons (Fsp3) is 0.174. The number of carbonyl (C=O) groups is 1. The van der Waals surface area contributed by atoms with Crippen molar-refractivity contribution < 1.29 is 14.6 Å². The molecule has 0 spiro atoms. The zero-order valence-electron chi connectivity index (χ0n) is 17.5. The zero-order valence-corrected chi connectivity index (χ0v) is 17.5. The third-order valence-electron chi connectivity index (χ3n) is 5.52. The molecule has 1 atom stereocenters. The average Bonchev–Trinajstić information content (AvgIpc) is 3.15. The summed E-state index contributed by atoms with van der Waals surface area (Å²) in [5.41, 5.74) is 4.06. The quantitative estimate of drug-likeness (QED) is 0.513. The van der Waals surface area contributed by atoms with Crippen LogP contribution in [-0.4, -0.2) is 43.1 Å². The van der Waals surface area contributed by atoms with E-state index in [1.807, 2.05) is 43.3 Å². The molecule has 5 rings (SSSR count). The number of fused-ring (bicyclic) bond motifs is 1. The second kappa shape index (κ2) is 7.77. The van der Waals surface area contributed by atoms with Crippen LogP contribution in [0.5, 0.6) is 11.5 Å². The van der Waals surface area contributed by atoms with Crippen LogP contribution in [0.2, 0.25) is 0 Å². The van der Waals surface area contributed by atoms with Gasteiger partial charge in [-0.1, -0.05) is 12.1 Å². The molecule has 0 fully saturated rings. The predicted octanol–water partition coefficient (Wildman–Crippen LogP) is 3.22. The maximum absolute atomic E-state index is 12.5. The van der Waals surface area contributed by atoms with E-state index in [1.165, 1.54) is 4.68 Å². The minimum Gasteiger partial charge on any atom is -0.508 e. The lowest BCUT2D eigenvalue weighted by molar-refractivity contribution is -0.116. The Labute approximate surface area is 183 Å². The first-order valence-electron chi connectivity index (χ1n) is 10.1. The van der Waals surface area contributed by atoms with Gasteiger partial charge in [-0.25, -0.2) is 4.98 Å². The van der Waals surface area contributed by atoms with Crippen molar-refractivity contribution in [1.82, 2.24) is 25.0 Å². The first-order chi connectivity index (χ1) is 15.5. The Bertz CT molecular complexity index is 1300.